The lowest BCUT2D eigenvalue weighted by Crippen LogP contribution is -2.37. The monoisotopic (exact) mass is 330 g/mol. The van der Waals surface area contributed by atoms with E-state index in [0.29, 0.717) is 41.6 Å². The largest absolute Gasteiger partial charge is 0.481 e. The molecule has 0 fully saturated rings. The summed E-state index contributed by atoms with van der Waals surface area (Å²) in [6.45, 7) is 4.09. The highest BCUT2D eigenvalue weighted by molar-refractivity contribution is 5.93. The highest BCUT2D eigenvalue weighted by atomic mass is 19.1. The molecule has 0 aliphatic carbocycles. The summed E-state index contributed by atoms with van der Waals surface area (Å²) in [4.78, 5) is 14.7. The maximum atomic E-state index is 14.2. The smallest absolute Gasteiger partial charge is 0.306 e. The Labute approximate surface area is 139 Å². The van der Waals surface area contributed by atoms with Gasteiger partial charge in [0.2, 0.25) is 0 Å². The number of H-pyrrole nitrogens is 1. The van der Waals surface area contributed by atoms with Gasteiger partial charge in [-0.15, -0.1) is 0 Å². The number of carboxylic acids is 1. The van der Waals surface area contributed by atoms with Crippen molar-refractivity contribution in [2.75, 3.05) is 6.61 Å². The van der Waals surface area contributed by atoms with Gasteiger partial charge in [0, 0.05) is 5.39 Å². The number of aromatic nitrogens is 1. The molecular weight excluding hydrogens is 311 g/mol. The number of ether oxygens (including phenoxy) is 1. The van der Waals surface area contributed by atoms with Crippen LogP contribution in [-0.2, 0) is 21.6 Å². The molecule has 1 aromatic heterocycles. The van der Waals surface area contributed by atoms with Crippen molar-refractivity contribution in [1.82, 2.24) is 4.98 Å². The minimum atomic E-state index is -0.956. The fraction of sp³-hybridized carbons (Fsp3) is 0.444. The van der Waals surface area contributed by atoms with E-state index in [-0.39, 0.29) is 12.0 Å². The molecule has 2 heterocycles. The molecule has 5 nitrogen and oxygen atoms in total. The third-order valence-electron chi connectivity index (χ3n) is 4.72. The zero-order valence-corrected chi connectivity index (χ0v) is 13.7. The molecule has 126 valence electrons. The SMILES string of the molecule is CCC[C@]1(CC(=O)O)OCCc2c1[nH]c1c(C)cc(F)c(C#N)c21. The van der Waals surface area contributed by atoms with Gasteiger partial charge < -0.3 is 14.8 Å². The Balaban J connectivity index is 2.34. The molecule has 1 atom stereocenters. The zero-order chi connectivity index (χ0) is 17.5. The number of hydrogen-bond donors (Lipinski definition) is 2. The number of rotatable bonds is 4. The standard InChI is InChI=1S/C18H19FN2O3/c1-3-5-18(8-14(22)23)17-11(4-6-24-18)15-12(9-20)13(19)7-10(2)16(15)21-17/h7,21H,3-6,8H2,1-2H3,(H,22,23)/t18-/m1/s1. The van der Waals surface area contributed by atoms with E-state index in [2.05, 4.69) is 4.98 Å². The number of aliphatic carboxylic acids is 1. The van der Waals surface area contributed by atoms with Gasteiger partial charge in [-0.25, -0.2) is 4.39 Å². The third-order valence-corrected chi connectivity index (χ3v) is 4.72. The van der Waals surface area contributed by atoms with Crippen molar-refractivity contribution < 1.29 is 19.0 Å². The van der Waals surface area contributed by atoms with Crippen LogP contribution in [0.5, 0.6) is 0 Å². The number of carbonyl (C=O) groups is 1. The van der Waals surface area contributed by atoms with Crippen molar-refractivity contribution >= 4 is 16.9 Å². The summed E-state index contributed by atoms with van der Waals surface area (Å²) < 4.78 is 20.1. The Kier molecular flexibility index (Phi) is 4.06. The quantitative estimate of drug-likeness (QED) is 0.898. The Hall–Kier alpha value is -2.39. The second-order valence-corrected chi connectivity index (χ2v) is 6.30. The lowest BCUT2D eigenvalue weighted by molar-refractivity contribution is -0.149. The van der Waals surface area contributed by atoms with Gasteiger partial charge in [-0.2, -0.15) is 5.26 Å². The van der Waals surface area contributed by atoms with Gasteiger partial charge in [0.15, 0.2) is 0 Å². The maximum Gasteiger partial charge on any atom is 0.306 e. The number of nitrogens with zero attached hydrogens (tertiary/aromatic N) is 1. The molecule has 0 bridgehead atoms. The van der Waals surface area contributed by atoms with Crippen LogP contribution in [-0.4, -0.2) is 22.7 Å². The molecule has 0 saturated heterocycles. The Bertz CT molecular complexity index is 865. The van der Waals surface area contributed by atoms with Crippen molar-refractivity contribution in [2.24, 2.45) is 0 Å². The number of fused-ring (bicyclic) bond motifs is 3. The average molecular weight is 330 g/mol. The number of aromatic amines is 1. The summed E-state index contributed by atoms with van der Waals surface area (Å²) in [7, 11) is 0. The van der Waals surface area contributed by atoms with Gasteiger partial charge >= 0.3 is 5.97 Å². The number of nitriles is 1. The molecule has 2 N–H and O–H groups in total. The number of aryl methyl sites for hydroxylation is 1. The molecule has 1 aromatic carbocycles. The molecule has 0 unspecified atom stereocenters. The number of nitrogens with one attached hydrogen (secondary N) is 1. The second-order valence-electron chi connectivity index (χ2n) is 6.30. The number of hydrogen-bond acceptors (Lipinski definition) is 3. The van der Waals surface area contributed by atoms with Crippen molar-refractivity contribution in [3.05, 3.63) is 34.3 Å². The molecule has 0 saturated carbocycles. The predicted octanol–water partition coefficient (Wildman–Crippen LogP) is 3.53. The van der Waals surface area contributed by atoms with E-state index in [4.69, 9.17) is 4.74 Å². The van der Waals surface area contributed by atoms with Gasteiger partial charge in [0.05, 0.1) is 29.8 Å². The topological polar surface area (TPSA) is 86.1 Å². The number of halogens is 1. The summed E-state index contributed by atoms with van der Waals surface area (Å²) in [5.74, 6) is -1.49. The predicted molar refractivity (Wildman–Crippen MR) is 86.2 cm³/mol. The van der Waals surface area contributed by atoms with Crippen LogP contribution >= 0.6 is 0 Å². The Morgan fingerprint density at radius 1 is 1.58 bits per heavy atom. The first-order chi connectivity index (χ1) is 11.4. The molecule has 0 spiro atoms. The van der Waals surface area contributed by atoms with Crippen molar-refractivity contribution in [1.29, 1.82) is 5.26 Å². The van der Waals surface area contributed by atoms with Crippen LogP contribution in [0.2, 0.25) is 0 Å². The summed E-state index contributed by atoms with van der Waals surface area (Å²) in [6.07, 6.45) is 1.66. The van der Waals surface area contributed by atoms with E-state index in [0.717, 1.165) is 12.0 Å². The van der Waals surface area contributed by atoms with Crippen LogP contribution < -0.4 is 0 Å². The summed E-state index contributed by atoms with van der Waals surface area (Å²) in [5.41, 5.74) is 1.92. The van der Waals surface area contributed by atoms with Crippen LogP contribution in [0.3, 0.4) is 0 Å². The maximum absolute atomic E-state index is 14.2. The van der Waals surface area contributed by atoms with Crippen molar-refractivity contribution in [3.8, 4) is 6.07 Å². The molecule has 24 heavy (non-hydrogen) atoms. The summed E-state index contributed by atoms with van der Waals surface area (Å²) >= 11 is 0. The average Bonchev–Trinajstić information content (AvgIpc) is 2.89. The molecule has 3 rings (SSSR count). The third kappa shape index (κ3) is 2.36. The first-order valence-electron chi connectivity index (χ1n) is 8.03. The summed E-state index contributed by atoms with van der Waals surface area (Å²) in [6, 6.07) is 3.29. The van der Waals surface area contributed by atoms with Crippen molar-refractivity contribution in [3.63, 3.8) is 0 Å². The van der Waals surface area contributed by atoms with Crippen LogP contribution in [0.4, 0.5) is 4.39 Å². The van der Waals surface area contributed by atoms with E-state index >= 15 is 0 Å². The van der Waals surface area contributed by atoms with Crippen LogP contribution in [0.25, 0.3) is 10.9 Å². The van der Waals surface area contributed by atoms with Crippen LogP contribution in [0, 0.1) is 24.1 Å². The molecule has 2 aromatic rings. The molecule has 0 amide bonds. The second kappa shape index (κ2) is 5.91. The first-order valence-corrected chi connectivity index (χ1v) is 8.03. The first kappa shape index (κ1) is 16.5. The molecule has 1 aliphatic heterocycles. The fourth-order valence-electron chi connectivity index (χ4n) is 3.81. The van der Waals surface area contributed by atoms with Gasteiger partial charge in [0.1, 0.15) is 17.5 Å². The van der Waals surface area contributed by atoms with Gasteiger partial charge in [-0.1, -0.05) is 13.3 Å². The lowest BCUT2D eigenvalue weighted by atomic mass is 9.84. The molecule has 1 aliphatic rings. The minimum absolute atomic E-state index is 0.00993. The van der Waals surface area contributed by atoms with E-state index < -0.39 is 17.4 Å². The molecular formula is C18H19FN2O3. The number of carboxylic acid groups (broad SMARTS) is 1. The van der Waals surface area contributed by atoms with Gasteiger partial charge in [0.25, 0.3) is 0 Å². The molecule has 6 heteroatoms. The van der Waals surface area contributed by atoms with Gasteiger partial charge in [-0.05, 0) is 37.0 Å². The van der Waals surface area contributed by atoms with E-state index in [1.54, 1.807) is 6.92 Å². The van der Waals surface area contributed by atoms with E-state index in [1.807, 2.05) is 13.0 Å². The zero-order valence-electron chi connectivity index (χ0n) is 13.7. The number of benzene rings is 1. The van der Waals surface area contributed by atoms with Crippen LogP contribution in [0.1, 0.15) is 48.6 Å². The van der Waals surface area contributed by atoms with Gasteiger partial charge in [-0.3, -0.25) is 4.79 Å². The van der Waals surface area contributed by atoms with Crippen LogP contribution in [0.15, 0.2) is 6.07 Å². The van der Waals surface area contributed by atoms with E-state index in [9.17, 15) is 19.6 Å². The summed E-state index contributed by atoms with van der Waals surface area (Å²) in [5, 5.41) is 19.3. The lowest BCUT2D eigenvalue weighted by Gasteiger charge is -2.36. The minimum Gasteiger partial charge on any atom is -0.481 e. The Morgan fingerprint density at radius 2 is 2.33 bits per heavy atom. The fourth-order valence-corrected chi connectivity index (χ4v) is 3.81. The normalized spacial score (nSPS) is 19.9. The molecule has 0 radical (unpaired) electrons. The highest BCUT2D eigenvalue weighted by Gasteiger charge is 2.42. The Morgan fingerprint density at radius 3 is 2.96 bits per heavy atom. The van der Waals surface area contributed by atoms with Crippen molar-refractivity contribution in [2.45, 2.75) is 45.1 Å². The van der Waals surface area contributed by atoms with E-state index in [1.165, 1.54) is 6.07 Å². The highest BCUT2D eigenvalue weighted by Crippen LogP contribution is 2.43.